The Morgan fingerprint density at radius 2 is 1.88 bits per heavy atom. The van der Waals surface area contributed by atoms with Crippen LogP contribution in [0.25, 0.3) is 0 Å². The molecule has 2 aliphatic rings. The van der Waals surface area contributed by atoms with Crippen LogP contribution in [0.5, 0.6) is 11.5 Å². The highest BCUT2D eigenvalue weighted by atomic mass is 16.5. The zero-order valence-corrected chi connectivity index (χ0v) is 14.5. The Hall–Kier alpha value is -2.24. The van der Waals surface area contributed by atoms with Crippen LogP contribution in [0.4, 0.5) is 0 Å². The highest BCUT2D eigenvalue weighted by molar-refractivity contribution is 5.98. The van der Waals surface area contributed by atoms with E-state index in [0.29, 0.717) is 49.0 Å². The maximum atomic E-state index is 12.7. The molecule has 1 aromatic carbocycles. The predicted molar refractivity (Wildman–Crippen MR) is 92.1 cm³/mol. The molecule has 0 saturated heterocycles. The normalized spacial score (nSPS) is 25.7. The van der Waals surface area contributed by atoms with Gasteiger partial charge in [0, 0.05) is 12.0 Å². The van der Waals surface area contributed by atoms with Crippen molar-refractivity contribution in [2.24, 2.45) is 5.92 Å². The van der Waals surface area contributed by atoms with Gasteiger partial charge in [-0.15, -0.1) is 0 Å². The van der Waals surface area contributed by atoms with Gasteiger partial charge in [-0.3, -0.25) is 4.79 Å². The van der Waals surface area contributed by atoms with Crippen molar-refractivity contribution in [3.8, 4) is 11.5 Å². The Kier molecular flexibility index (Phi) is 5.16. The molecule has 1 aromatic rings. The quantitative estimate of drug-likeness (QED) is 0.874. The number of carboxylic acid groups (broad SMARTS) is 1. The first-order valence-electron chi connectivity index (χ1n) is 8.99. The van der Waals surface area contributed by atoms with Crippen molar-refractivity contribution in [3.05, 3.63) is 23.8 Å². The fourth-order valence-corrected chi connectivity index (χ4v) is 3.56. The molecule has 0 spiro atoms. The number of carbonyl (C=O) groups excluding carboxylic acids is 1. The number of fused-ring (bicyclic) bond motifs is 1. The molecule has 0 bridgehead atoms. The summed E-state index contributed by atoms with van der Waals surface area (Å²) in [6.45, 7) is 3.24. The zero-order chi connectivity index (χ0) is 17.9. The molecular weight excluding hydrogens is 322 g/mol. The molecule has 136 valence electrons. The van der Waals surface area contributed by atoms with Crippen LogP contribution < -0.4 is 14.8 Å². The van der Waals surface area contributed by atoms with E-state index in [2.05, 4.69) is 12.2 Å². The molecule has 6 heteroatoms. The molecule has 0 radical (unpaired) electrons. The summed E-state index contributed by atoms with van der Waals surface area (Å²) in [5, 5.41) is 12.5. The number of rotatable bonds is 4. The van der Waals surface area contributed by atoms with Gasteiger partial charge in [-0.2, -0.15) is 0 Å². The lowest BCUT2D eigenvalue weighted by Gasteiger charge is -2.37. The van der Waals surface area contributed by atoms with Gasteiger partial charge >= 0.3 is 5.97 Å². The van der Waals surface area contributed by atoms with E-state index < -0.39 is 11.5 Å². The minimum Gasteiger partial charge on any atom is -0.490 e. The van der Waals surface area contributed by atoms with Gasteiger partial charge in [-0.25, -0.2) is 4.79 Å². The molecule has 6 nitrogen and oxygen atoms in total. The molecule has 0 unspecified atom stereocenters. The van der Waals surface area contributed by atoms with Crippen molar-refractivity contribution in [1.29, 1.82) is 0 Å². The average molecular weight is 347 g/mol. The molecular formula is C19H25NO5. The molecule has 1 amide bonds. The van der Waals surface area contributed by atoms with Crippen molar-refractivity contribution in [1.82, 2.24) is 5.32 Å². The monoisotopic (exact) mass is 347 g/mol. The van der Waals surface area contributed by atoms with E-state index in [1.165, 1.54) is 0 Å². The summed E-state index contributed by atoms with van der Waals surface area (Å²) in [5.41, 5.74) is -0.783. The Labute approximate surface area is 147 Å². The molecule has 1 aliphatic heterocycles. The summed E-state index contributed by atoms with van der Waals surface area (Å²) < 4.78 is 11.2. The van der Waals surface area contributed by atoms with E-state index in [-0.39, 0.29) is 5.91 Å². The maximum absolute atomic E-state index is 12.7. The van der Waals surface area contributed by atoms with E-state index in [4.69, 9.17) is 9.47 Å². The van der Waals surface area contributed by atoms with Crippen molar-refractivity contribution < 1.29 is 24.2 Å². The number of aliphatic carboxylic acids is 1. The summed E-state index contributed by atoms with van der Waals surface area (Å²) in [7, 11) is 0. The van der Waals surface area contributed by atoms with Crippen LogP contribution in [-0.4, -0.2) is 35.7 Å². The Balaban J connectivity index is 1.76. The van der Waals surface area contributed by atoms with Gasteiger partial charge in [0.1, 0.15) is 5.54 Å². The van der Waals surface area contributed by atoms with Crippen LogP contribution in [-0.2, 0) is 4.79 Å². The Morgan fingerprint density at radius 1 is 1.20 bits per heavy atom. The minimum absolute atomic E-state index is 0.381. The van der Waals surface area contributed by atoms with E-state index in [1.807, 2.05) is 0 Å². The van der Waals surface area contributed by atoms with E-state index in [1.54, 1.807) is 18.2 Å². The van der Waals surface area contributed by atoms with Gasteiger partial charge in [0.15, 0.2) is 11.5 Å². The Bertz CT molecular complexity index is 649. The largest absolute Gasteiger partial charge is 0.490 e. The predicted octanol–water partition coefficient (Wildman–Crippen LogP) is 3.00. The Morgan fingerprint density at radius 3 is 2.52 bits per heavy atom. The molecule has 1 aliphatic carbocycles. The molecule has 1 fully saturated rings. The van der Waals surface area contributed by atoms with Crippen molar-refractivity contribution in [2.45, 2.75) is 51.0 Å². The van der Waals surface area contributed by atoms with Crippen LogP contribution in [0.2, 0.25) is 0 Å². The first kappa shape index (κ1) is 17.6. The van der Waals surface area contributed by atoms with Crippen molar-refractivity contribution in [2.75, 3.05) is 13.2 Å². The summed E-state index contributed by atoms with van der Waals surface area (Å²) in [5.74, 6) is 0.356. The van der Waals surface area contributed by atoms with Crippen molar-refractivity contribution >= 4 is 11.9 Å². The van der Waals surface area contributed by atoms with Crippen LogP contribution in [0, 0.1) is 5.92 Å². The van der Waals surface area contributed by atoms with Gasteiger partial charge in [0.2, 0.25) is 0 Å². The van der Waals surface area contributed by atoms with Gasteiger partial charge in [0.05, 0.1) is 13.2 Å². The van der Waals surface area contributed by atoms with Gasteiger partial charge in [-0.1, -0.05) is 13.3 Å². The smallest absolute Gasteiger partial charge is 0.329 e. The molecule has 2 N–H and O–H groups in total. The zero-order valence-electron chi connectivity index (χ0n) is 14.5. The second-order valence-electron chi connectivity index (χ2n) is 6.90. The van der Waals surface area contributed by atoms with Crippen LogP contribution >= 0.6 is 0 Å². The number of benzene rings is 1. The van der Waals surface area contributed by atoms with Gasteiger partial charge in [0.25, 0.3) is 5.91 Å². The van der Waals surface area contributed by atoms with E-state index in [9.17, 15) is 14.7 Å². The van der Waals surface area contributed by atoms with E-state index >= 15 is 0 Å². The number of hydrogen-bond acceptors (Lipinski definition) is 4. The van der Waals surface area contributed by atoms with Crippen LogP contribution in [0.15, 0.2) is 18.2 Å². The SMILES string of the molecule is CCC1CCC(NC(=O)c2ccc3c(c2)OCCCO3)(C(=O)O)CC1. The minimum atomic E-state index is -1.17. The number of nitrogens with one attached hydrogen (secondary N) is 1. The number of carboxylic acids is 1. The highest BCUT2D eigenvalue weighted by Crippen LogP contribution is 2.35. The first-order chi connectivity index (χ1) is 12.0. The fourth-order valence-electron chi connectivity index (χ4n) is 3.56. The van der Waals surface area contributed by atoms with Gasteiger partial charge in [-0.05, 0) is 49.8 Å². The second kappa shape index (κ2) is 7.33. The maximum Gasteiger partial charge on any atom is 0.329 e. The van der Waals surface area contributed by atoms with Gasteiger partial charge < -0.3 is 19.9 Å². The summed E-state index contributed by atoms with van der Waals surface area (Å²) in [6, 6.07) is 4.98. The second-order valence-corrected chi connectivity index (χ2v) is 6.90. The lowest BCUT2D eigenvalue weighted by Crippen LogP contribution is -2.56. The van der Waals surface area contributed by atoms with Crippen LogP contribution in [0.3, 0.4) is 0 Å². The average Bonchev–Trinajstić information content (AvgIpc) is 2.86. The molecule has 0 atom stereocenters. The summed E-state index contributed by atoms with van der Waals surface area (Å²) >= 11 is 0. The molecule has 1 saturated carbocycles. The first-order valence-corrected chi connectivity index (χ1v) is 8.99. The summed E-state index contributed by atoms with van der Waals surface area (Å²) in [4.78, 5) is 24.5. The summed E-state index contributed by atoms with van der Waals surface area (Å²) in [6.07, 6.45) is 4.42. The molecule has 3 rings (SSSR count). The standard InChI is InChI=1S/C19H25NO5/c1-2-13-6-8-19(9-7-13,18(22)23)20-17(21)14-4-5-15-16(12-14)25-11-3-10-24-15/h4-5,12-13H,2-3,6-11H2,1H3,(H,20,21)(H,22,23). The molecule has 1 heterocycles. The number of hydrogen-bond donors (Lipinski definition) is 2. The third kappa shape index (κ3) is 3.72. The fraction of sp³-hybridized carbons (Fsp3) is 0.579. The van der Waals surface area contributed by atoms with Crippen LogP contribution in [0.1, 0.15) is 55.8 Å². The topological polar surface area (TPSA) is 84.9 Å². The van der Waals surface area contributed by atoms with Crippen molar-refractivity contribution in [3.63, 3.8) is 0 Å². The number of amides is 1. The number of ether oxygens (including phenoxy) is 2. The molecule has 25 heavy (non-hydrogen) atoms. The lowest BCUT2D eigenvalue weighted by molar-refractivity contribution is -0.146. The molecule has 0 aromatic heterocycles. The van der Waals surface area contributed by atoms with E-state index in [0.717, 1.165) is 25.7 Å². The third-order valence-corrected chi connectivity index (χ3v) is 5.31. The lowest BCUT2D eigenvalue weighted by atomic mass is 9.75. The third-order valence-electron chi connectivity index (χ3n) is 5.31. The highest BCUT2D eigenvalue weighted by Gasteiger charge is 2.43. The number of carbonyl (C=O) groups is 2.